The summed E-state index contributed by atoms with van der Waals surface area (Å²) in [6.07, 6.45) is 4.83. The monoisotopic (exact) mass is 222 g/mol. The Balaban J connectivity index is 1.72. The minimum absolute atomic E-state index is 0.323. The molecule has 2 aromatic heterocycles. The number of hydrogen-bond donors (Lipinski definition) is 1. The topological polar surface area (TPSA) is 63.8 Å². The summed E-state index contributed by atoms with van der Waals surface area (Å²) in [7, 11) is 0. The highest BCUT2D eigenvalue weighted by molar-refractivity contribution is 5.09. The number of pyridine rings is 1. The van der Waals surface area contributed by atoms with Gasteiger partial charge in [0.2, 0.25) is 5.89 Å². The van der Waals surface area contributed by atoms with Crippen molar-refractivity contribution in [1.29, 1.82) is 0 Å². The molecule has 2 rings (SSSR count). The molecule has 0 aromatic carbocycles. The van der Waals surface area contributed by atoms with E-state index in [9.17, 15) is 4.39 Å². The van der Waals surface area contributed by atoms with Gasteiger partial charge >= 0.3 is 0 Å². The average Bonchev–Trinajstić information content (AvgIpc) is 2.77. The Bertz CT molecular complexity index is 432. The van der Waals surface area contributed by atoms with Crippen LogP contribution in [0.2, 0.25) is 0 Å². The van der Waals surface area contributed by atoms with Crippen molar-refractivity contribution in [3.8, 4) is 0 Å². The van der Waals surface area contributed by atoms with Gasteiger partial charge in [0, 0.05) is 25.7 Å². The molecule has 0 radical (unpaired) electrons. The van der Waals surface area contributed by atoms with E-state index in [0.29, 0.717) is 25.4 Å². The minimum Gasteiger partial charge on any atom is -0.340 e. The van der Waals surface area contributed by atoms with E-state index >= 15 is 0 Å². The molecule has 0 unspecified atom stereocenters. The standard InChI is InChI=1S/C10H11FN4O/c11-9-3-8(5-13-6-9)4-12-2-1-10-14-7-15-16-10/h3,5-7,12H,1-2,4H2. The van der Waals surface area contributed by atoms with Crippen LogP contribution in [0.1, 0.15) is 11.5 Å². The summed E-state index contributed by atoms with van der Waals surface area (Å²) < 4.78 is 17.6. The van der Waals surface area contributed by atoms with Gasteiger partial charge in [0.1, 0.15) is 5.82 Å². The van der Waals surface area contributed by atoms with Crippen molar-refractivity contribution in [2.24, 2.45) is 0 Å². The van der Waals surface area contributed by atoms with Crippen LogP contribution < -0.4 is 5.32 Å². The van der Waals surface area contributed by atoms with Crippen LogP contribution in [0.4, 0.5) is 4.39 Å². The lowest BCUT2D eigenvalue weighted by Gasteiger charge is -2.02. The number of hydrogen-bond acceptors (Lipinski definition) is 5. The molecule has 0 fully saturated rings. The Kier molecular flexibility index (Phi) is 3.55. The predicted octanol–water partition coefficient (Wildman–Crippen LogP) is 0.936. The minimum atomic E-state index is -0.323. The van der Waals surface area contributed by atoms with E-state index in [2.05, 4.69) is 20.4 Å². The van der Waals surface area contributed by atoms with Gasteiger partial charge in [-0.3, -0.25) is 4.98 Å². The van der Waals surface area contributed by atoms with Crippen molar-refractivity contribution in [2.75, 3.05) is 6.54 Å². The molecule has 0 aliphatic carbocycles. The third-order valence-corrected chi connectivity index (χ3v) is 2.01. The Hall–Kier alpha value is -1.82. The van der Waals surface area contributed by atoms with Crippen molar-refractivity contribution < 1.29 is 8.91 Å². The number of nitrogens with one attached hydrogen (secondary N) is 1. The highest BCUT2D eigenvalue weighted by atomic mass is 19.1. The van der Waals surface area contributed by atoms with Crippen LogP contribution in [0.3, 0.4) is 0 Å². The van der Waals surface area contributed by atoms with Crippen LogP contribution in [0, 0.1) is 5.82 Å². The van der Waals surface area contributed by atoms with Gasteiger partial charge in [-0.15, -0.1) is 0 Å². The number of aromatic nitrogens is 3. The largest absolute Gasteiger partial charge is 0.340 e. The Morgan fingerprint density at radius 3 is 3.06 bits per heavy atom. The fourth-order valence-corrected chi connectivity index (χ4v) is 1.29. The molecule has 0 aliphatic rings. The summed E-state index contributed by atoms with van der Waals surface area (Å²) in [5, 5.41) is 6.63. The molecule has 0 saturated heterocycles. The first-order chi connectivity index (χ1) is 7.84. The molecule has 0 atom stereocenters. The van der Waals surface area contributed by atoms with Gasteiger partial charge in [-0.2, -0.15) is 4.98 Å². The molecule has 0 amide bonds. The smallest absolute Gasteiger partial charge is 0.227 e. The van der Waals surface area contributed by atoms with Crippen molar-refractivity contribution in [3.63, 3.8) is 0 Å². The Morgan fingerprint density at radius 2 is 2.31 bits per heavy atom. The summed E-state index contributed by atoms with van der Waals surface area (Å²) in [5.41, 5.74) is 0.811. The zero-order chi connectivity index (χ0) is 11.2. The highest BCUT2D eigenvalue weighted by Gasteiger charge is 1.99. The molecule has 2 aromatic rings. The normalized spacial score (nSPS) is 10.6. The second-order valence-corrected chi connectivity index (χ2v) is 3.27. The van der Waals surface area contributed by atoms with Gasteiger partial charge < -0.3 is 9.84 Å². The van der Waals surface area contributed by atoms with E-state index in [1.807, 2.05) is 0 Å². The summed E-state index contributed by atoms with van der Waals surface area (Å²) in [6.45, 7) is 1.26. The third-order valence-electron chi connectivity index (χ3n) is 2.01. The van der Waals surface area contributed by atoms with E-state index < -0.39 is 0 Å². The molecule has 0 saturated carbocycles. The van der Waals surface area contributed by atoms with Crippen LogP contribution in [-0.2, 0) is 13.0 Å². The van der Waals surface area contributed by atoms with Crippen LogP contribution in [0.5, 0.6) is 0 Å². The molecule has 0 bridgehead atoms. The fraction of sp³-hybridized carbons (Fsp3) is 0.300. The molecule has 16 heavy (non-hydrogen) atoms. The van der Waals surface area contributed by atoms with E-state index in [1.54, 1.807) is 6.20 Å². The second-order valence-electron chi connectivity index (χ2n) is 3.27. The number of rotatable bonds is 5. The molecule has 6 heteroatoms. The van der Waals surface area contributed by atoms with E-state index in [1.165, 1.54) is 18.6 Å². The summed E-state index contributed by atoms with van der Waals surface area (Å²) in [5.74, 6) is 0.265. The maximum Gasteiger partial charge on any atom is 0.227 e. The van der Waals surface area contributed by atoms with Crippen LogP contribution in [0.25, 0.3) is 0 Å². The van der Waals surface area contributed by atoms with Crippen molar-refractivity contribution in [1.82, 2.24) is 20.4 Å². The van der Waals surface area contributed by atoms with Gasteiger partial charge in [-0.05, 0) is 11.6 Å². The Morgan fingerprint density at radius 1 is 1.38 bits per heavy atom. The lowest BCUT2D eigenvalue weighted by molar-refractivity contribution is 0.375. The van der Waals surface area contributed by atoms with Crippen LogP contribution in [0.15, 0.2) is 29.3 Å². The van der Waals surface area contributed by atoms with Crippen LogP contribution >= 0.6 is 0 Å². The molecule has 84 valence electrons. The lowest BCUT2D eigenvalue weighted by Crippen LogP contribution is -2.17. The average molecular weight is 222 g/mol. The third kappa shape index (κ3) is 3.09. The second kappa shape index (κ2) is 5.32. The Labute approximate surface area is 91.7 Å². The van der Waals surface area contributed by atoms with Gasteiger partial charge in [-0.25, -0.2) is 4.39 Å². The molecule has 2 heterocycles. The summed E-state index contributed by atoms with van der Waals surface area (Å²) >= 11 is 0. The molecular formula is C10H11FN4O. The van der Waals surface area contributed by atoms with Gasteiger partial charge in [0.15, 0.2) is 6.33 Å². The SMILES string of the molecule is Fc1cncc(CNCCc2ncno2)c1. The lowest BCUT2D eigenvalue weighted by atomic mass is 10.3. The highest BCUT2D eigenvalue weighted by Crippen LogP contribution is 2.00. The van der Waals surface area contributed by atoms with Crippen LogP contribution in [-0.4, -0.2) is 21.7 Å². The molecule has 1 N–H and O–H groups in total. The van der Waals surface area contributed by atoms with E-state index in [4.69, 9.17) is 4.52 Å². The first kappa shape index (κ1) is 10.7. The predicted molar refractivity (Wildman–Crippen MR) is 53.9 cm³/mol. The molecule has 0 spiro atoms. The van der Waals surface area contributed by atoms with Gasteiger partial charge in [-0.1, -0.05) is 5.16 Å². The maximum absolute atomic E-state index is 12.8. The summed E-state index contributed by atoms with van der Waals surface area (Å²) in [4.78, 5) is 7.64. The molecule has 0 aliphatic heterocycles. The summed E-state index contributed by atoms with van der Waals surface area (Å²) in [6, 6.07) is 1.45. The maximum atomic E-state index is 12.8. The number of nitrogens with zero attached hydrogens (tertiary/aromatic N) is 3. The molecule has 5 nitrogen and oxygen atoms in total. The van der Waals surface area contributed by atoms with E-state index in [-0.39, 0.29) is 5.82 Å². The van der Waals surface area contributed by atoms with Crippen molar-refractivity contribution >= 4 is 0 Å². The fourth-order valence-electron chi connectivity index (χ4n) is 1.29. The van der Waals surface area contributed by atoms with Gasteiger partial charge in [0.05, 0.1) is 6.20 Å². The quantitative estimate of drug-likeness (QED) is 0.762. The van der Waals surface area contributed by atoms with Crippen molar-refractivity contribution in [2.45, 2.75) is 13.0 Å². The van der Waals surface area contributed by atoms with Gasteiger partial charge in [0.25, 0.3) is 0 Å². The molecular weight excluding hydrogens is 211 g/mol. The number of halogens is 1. The first-order valence-electron chi connectivity index (χ1n) is 4.90. The van der Waals surface area contributed by atoms with E-state index in [0.717, 1.165) is 5.56 Å². The first-order valence-corrected chi connectivity index (χ1v) is 4.90. The zero-order valence-electron chi connectivity index (χ0n) is 8.56. The zero-order valence-corrected chi connectivity index (χ0v) is 8.56. The van der Waals surface area contributed by atoms with Crippen molar-refractivity contribution in [3.05, 3.63) is 42.1 Å².